The molecule has 13 heteroatoms. The average Bonchev–Trinajstić information content (AvgIpc) is 3.25. The molecule has 0 bridgehead atoms. The molecule has 12 nitrogen and oxygen atoms in total. The van der Waals surface area contributed by atoms with Crippen molar-refractivity contribution in [1.29, 1.82) is 0 Å². The molecule has 0 aromatic heterocycles. The van der Waals surface area contributed by atoms with Crippen LogP contribution in [0.5, 0.6) is 0 Å². The summed E-state index contributed by atoms with van der Waals surface area (Å²) in [5, 5.41) is 70.3. The number of unbranched alkanes of at least 4 members (excludes halogenated alkanes) is 14. The molecule has 0 saturated carbocycles. The van der Waals surface area contributed by atoms with Crippen LogP contribution in [-0.4, -0.2) is 139 Å². The summed E-state index contributed by atoms with van der Waals surface area (Å²) in [6, 6.07) is 0. The van der Waals surface area contributed by atoms with Gasteiger partial charge in [-0.2, -0.15) is 0 Å². The lowest BCUT2D eigenvalue weighted by atomic mass is 9.99. The van der Waals surface area contributed by atoms with Crippen LogP contribution in [0.25, 0.3) is 0 Å². The van der Waals surface area contributed by atoms with E-state index in [1.54, 1.807) is 0 Å². The highest BCUT2D eigenvalue weighted by Gasteiger charge is 2.60. The molecule has 2 aliphatic heterocycles. The monoisotopic (exact) mass is 634 g/mol. The summed E-state index contributed by atoms with van der Waals surface area (Å²) in [4.78, 5) is 12.7. The van der Waals surface area contributed by atoms with E-state index in [-0.39, 0.29) is 29.5 Å². The molecule has 0 unspecified atom stereocenters. The lowest BCUT2D eigenvalue weighted by Gasteiger charge is -2.43. The maximum Gasteiger partial charge on any atom is 0.316 e. The SMILES string of the molecule is CCCCCCCCCCCCCCCCCC(=O)O[C@H]1[C@H](O)[C@@H](CO)O[C@@]1(CO)O[C@H]1O[C@H](CO)[C@@H](O)[C@H](O)[C@H]1O.[MgH2]. The molecule has 2 fully saturated rings. The van der Waals surface area contributed by atoms with Gasteiger partial charge in [-0.15, -0.1) is 0 Å². The van der Waals surface area contributed by atoms with Crippen molar-refractivity contribution in [3.63, 3.8) is 0 Å². The fourth-order valence-electron chi connectivity index (χ4n) is 5.61. The van der Waals surface area contributed by atoms with Crippen LogP contribution in [0.1, 0.15) is 110 Å². The number of hydrogen-bond acceptors (Lipinski definition) is 12. The normalized spacial score (nSPS) is 32.5. The molecule has 2 aliphatic rings. The summed E-state index contributed by atoms with van der Waals surface area (Å²) in [6.45, 7) is -0.127. The second-order valence-electron chi connectivity index (χ2n) is 11.7. The van der Waals surface area contributed by atoms with E-state index in [2.05, 4.69) is 6.92 Å². The van der Waals surface area contributed by atoms with Gasteiger partial charge in [-0.05, 0) is 6.42 Å². The minimum atomic E-state index is -2.24. The van der Waals surface area contributed by atoms with Crippen molar-refractivity contribution in [3.05, 3.63) is 0 Å². The third-order valence-corrected chi connectivity index (χ3v) is 8.28. The first-order valence-corrected chi connectivity index (χ1v) is 16.0. The summed E-state index contributed by atoms with van der Waals surface area (Å²) in [5.74, 6) is -2.91. The van der Waals surface area contributed by atoms with Crippen molar-refractivity contribution in [1.82, 2.24) is 0 Å². The van der Waals surface area contributed by atoms with Crippen molar-refractivity contribution in [2.24, 2.45) is 0 Å². The fraction of sp³-hybridized carbons (Fsp3) is 0.967. The van der Waals surface area contributed by atoms with E-state index >= 15 is 0 Å². The van der Waals surface area contributed by atoms with Gasteiger partial charge in [0, 0.05) is 6.42 Å². The second kappa shape index (κ2) is 22.4. The summed E-state index contributed by atoms with van der Waals surface area (Å²) < 4.78 is 21.9. The Morgan fingerprint density at radius 2 is 1.16 bits per heavy atom. The molecule has 0 spiro atoms. The highest BCUT2D eigenvalue weighted by atomic mass is 24.3. The number of aliphatic hydroxyl groups excluding tert-OH is 7. The van der Waals surface area contributed by atoms with Gasteiger partial charge in [0.25, 0.3) is 0 Å². The van der Waals surface area contributed by atoms with Gasteiger partial charge >= 0.3 is 29.0 Å². The van der Waals surface area contributed by atoms with Crippen molar-refractivity contribution >= 4 is 29.0 Å². The Kier molecular flexibility index (Phi) is 21.3. The minimum Gasteiger partial charge on any atom is -0.454 e. The zero-order chi connectivity index (χ0) is 31.0. The quantitative estimate of drug-likeness (QED) is 0.0496. The number of rotatable bonds is 22. The van der Waals surface area contributed by atoms with Gasteiger partial charge in [0.1, 0.15) is 43.2 Å². The standard InChI is InChI=1S/C30H56O12.Mg.2H/c1-2-3-4-5-6-7-8-9-10-11-12-13-14-15-16-17-23(34)40-28-25(36)22(19-32)41-30(28,20-33)42-29-27(38)26(37)24(35)21(18-31)39-29;;;/h21-22,24-29,31-33,35-38H,2-20H2,1H3;;;/t21-,22-,24-,25-,26+,27-,28+,29-,30+;;;/m1.../s1. The Balaban J connectivity index is 0.00000924. The van der Waals surface area contributed by atoms with Gasteiger partial charge in [0.05, 0.1) is 13.2 Å². The molecule has 0 aromatic rings. The molecule has 0 aliphatic carbocycles. The van der Waals surface area contributed by atoms with Gasteiger partial charge in [-0.25, -0.2) is 0 Å². The van der Waals surface area contributed by atoms with Crippen LogP contribution < -0.4 is 0 Å². The molecule has 7 N–H and O–H groups in total. The third kappa shape index (κ3) is 12.9. The number of aliphatic hydroxyl groups is 7. The molecular formula is C30H58MgO12. The Labute approximate surface area is 272 Å². The van der Waals surface area contributed by atoms with Crippen LogP contribution in [0.3, 0.4) is 0 Å². The molecule has 2 heterocycles. The first-order chi connectivity index (χ1) is 20.2. The molecular weight excluding hydrogens is 577 g/mol. The molecule has 43 heavy (non-hydrogen) atoms. The molecule has 9 atom stereocenters. The van der Waals surface area contributed by atoms with Crippen LogP contribution >= 0.6 is 0 Å². The van der Waals surface area contributed by atoms with Crippen LogP contribution in [0.15, 0.2) is 0 Å². The van der Waals surface area contributed by atoms with Crippen molar-refractivity contribution in [3.8, 4) is 0 Å². The first-order valence-electron chi connectivity index (χ1n) is 16.0. The first kappa shape index (κ1) is 40.9. The zero-order valence-electron chi connectivity index (χ0n) is 25.2. The molecule has 252 valence electrons. The third-order valence-electron chi connectivity index (χ3n) is 8.28. The summed E-state index contributed by atoms with van der Waals surface area (Å²) in [6.07, 6.45) is 5.18. The van der Waals surface area contributed by atoms with E-state index in [1.165, 1.54) is 70.6 Å². The number of esters is 1. The average molecular weight is 635 g/mol. The maximum atomic E-state index is 12.7. The van der Waals surface area contributed by atoms with Crippen molar-refractivity contribution < 1.29 is 59.5 Å². The summed E-state index contributed by atoms with van der Waals surface area (Å²) in [7, 11) is 0. The van der Waals surface area contributed by atoms with Crippen LogP contribution in [0, 0.1) is 0 Å². The Morgan fingerprint density at radius 1 is 0.674 bits per heavy atom. The van der Waals surface area contributed by atoms with Crippen LogP contribution in [-0.2, 0) is 23.7 Å². The lowest BCUT2D eigenvalue weighted by Crippen LogP contribution is -2.63. The maximum absolute atomic E-state index is 12.7. The van der Waals surface area contributed by atoms with Gasteiger partial charge < -0.3 is 54.7 Å². The largest absolute Gasteiger partial charge is 0.454 e. The van der Waals surface area contributed by atoms with E-state index < -0.39 is 80.6 Å². The van der Waals surface area contributed by atoms with Crippen LogP contribution in [0.4, 0.5) is 0 Å². The smallest absolute Gasteiger partial charge is 0.316 e. The number of carbonyl (C=O) groups is 1. The Bertz CT molecular complexity index is 731. The Hall–Kier alpha value is -0.164. The Morgan fingerprint density at radius 3 is 1.63 bits per heavy atom. The number of hydrogen-bond donors (Lipinski definition) is 7. The lowest BCUT2D eigenvalue weighted by molar-refractivity contribution is -0.383. The van der Waals surface area contributed by atoms with Gasteiger partial charge in [0.15, 0.2) is 12.4 Å². The van der Waals surface area contributed by atoms with E-state index in [0.717, 1.165) is 19.3 Å². The highest BCUT2D eigenvalue weighted by Crippen LogP contribution is 2.38. The van der Waals surface area contributed by atoms with Crippen molar-refractivity contribution in [2.75, 3.05) is 19.8 Å². The zero-order valence-corrected chi connectivity index (χ0v) is 25.2. The van der Waals surface area contributed by atoms with Crippen LogP contribution in [0.2, 0.25) is 0 Å². The second-order valence-corrected chi connectivity index (χ2v) is 11.7. The number of ether oxygens (including phenoxy) is 4. The predicted molar refractivity (Wildman–Crippen MR) is 161 cm³/mol. The summed E-state index contributed by atoms with van der Waals surface area (Å²) >= 11 is 0. The molecule has 0 amide bonds. The number of carbonyl (C=O) groups excluding carboxylic acids is 1. The van der Waals surface area contributed by atoms with Gasteiger partial charge in [-0.3, -0.25) is 4.79 Å². The van der Waals surface area contributed by atoms with E-state index in [1.807, 2.05) is 0 Å². The molecule has 0 aromatic carbocycles. The van der Waals surface area contributed by atoms with Gasteiger partial charge in [0.2, 0.25) is 5.79 Å². The highest BCUT2D eigenvalue weighted by molar-refractivity contribution is 5.75. The minimum absolute atomic E-state index is 0. The molecule has 0 radical (unpaired) electrons. The van der Waals surface area contributed by atoms with E-state index in [9.17, 15) is 40.5 Å². The topological polar surface area (TPSA) is 196 Å². The molecule has 2 saturated heterocycles. The van der Waals surface area contributed by atoms with Gasteiger partial charge in [-0.1, -0.05) is 96.8 Å². The van der Waals surface area contributed by atoms with E-state index in [0.29, 0.717) is 6.42 Å². The summed E-state index contributed by atoms with van der Waals surface area (Å²) in [5.41, 5.74) is 0. The molecule has 2 rings (SSSR count). The van der Waals surface area contributed by atoms with Crippen molar-refractivity contribution in [2.45, 2.75) is 164 Å². The van der Waals surface area contributed by atoms with E-state index in [4.69, 9.17) is 18.9 Å². The predicted octanol–water partition coefficient (Wildman–Crippen LogP) is 0.501. The fourth-order valence-corrected chi connectivity index (χ4v) is 5.61.